The van der Waals surface area contributed by atoms with Gasteiger partial charge in [-0.2, -0.15) is 0 Å². The molecule has 0 saturated heterocycles. The van der Waals surface area contributed by atoms with Crippen LogP contribution in [-0.2, 0) is 0 Å². The van der Waals surface area contributed by atoms with Gasteiger partial charge in [0.2, 0.25) is 0 Å². The molecule has 0 aliphatic carbocycles. The maximum atomic E-state index is 10.5. The Bertz CT molecular complexity index is 1060. The van der Waals surface area contributed by atoms with Crippen LogP contribution in [0.25, 0.3) is 22.3 Å². The van der Waals surface area contributed by atoms with Gasteiger partial charge < -0.3 is 24.4 Å². The van der Waals surface area contributed by atoms with Gasteiger partial charge in [0.25, 0.3) is 0 Å². The minimum absolute atomic E-state index is 0.0679. The van der Waals surface area contributed by atoms with Crippen LogP contribution in [0.1, 0.15) is 20.3 Å². The third-order valence-corrected chi connectivity index (χ3v) is 4.90. The third kappa shape index (κ3) is 5.31. The molecule has 0 amide bonds. The molecule has 5 nitrogen and oxygen atoms in total. The van der Waals surface area contributed by atoms with Gasteiger partial charge in [0.1, 0.15) is 17.2 Å². The molecule has 0 saturated carbocycles. The molecule has 0 aromatic heterocycles. The van der Waals surface area contributed by atoms with Crippen LogP contribution in [0.15, 0.2) is 66.2 Å². The Hall–Kier alpha value is -3.60. The second-order valence-corrected chi connectivity index (χ2v) is 7.40. The molecule has 3 aromatic carbocycles. The topological polar surface area (TPSA) is 68.2 Å². The lowest BCUT2D eigenvalue weighted by molar-refractivity contribution is 0.305. The van der Waals surface area contributed by atoms with Crippen LogP contribution >= 0.6 is 0 Å². The van der Waals surface area contributed by atoms with Gasteiger partial charge in [-0.3, -0.25) is 0 Å². The van der Waals surface area contributed by atoms with Crippen LogP contribution < -0.4 is 14.2 Å². The predicted molar refractivity (Wildman–Crippen MR) is 123 cm³/mol. The number of allylic oxidation sites excluding steroid dienone is 1. The molecule has 5 heteroatoms. The average molecular weight is 421 g/mol. The minimum atomic E-state index is 0.0679. The first kappa shape index (κ1) is 22.1. The van der Waals surface area contributed by atoms with E-state index in [1.807, 2.05) is 44.2 Å². The van der Waals surface area contributed by atoms with Crippen molar-refractivity contribution in [3.8, 4) is 51.0 Å². The molecule has 0 aliphatic heterocycles. The van der Waals surface area contributed by atoms with E-state index < -0.39 is 0 Å². The van der Waals surface area contributed by atoms with E-state index in [9.17, 15) is 10.2 Å². The number of hydrogen-bond acceptors (Lipinski definition) is 5. The van der Waals surface area contributed by atoms with Crippen LogP contribution in [0, 0.1) is 0 Å². The normalized spacial score (nSPS) is 10.5. The van der Waals surface area contributed by atoms with Gasteiger partial charge in [0.05, 0.1) is 20.8 Å². The van der Waals surface area contributed by atoms with Crippen molar-refractivity contribution < 1.29 is 24.4 Å². The maximum Gasteiger partial charge on any atom is 0.160 e. The first-order valence-corrected chi connectivity index (χ1v) is 10.1. The molecule has 0 spiro atoms. The van der Waals surface area contributed by atoms with Crippen LogP contribution in [0.3, 0.4) is 0 Å². The zero-order valence-corrected chi connectivity index (χ0v) is 18.3. The van der Waals surface area contributed by atoms with Crippen molar-refractivity contribution in [2.75, 3.05) is 20.8 Å². The van der Waals surface area contributed by atoms with Gasteiger partial charge in [-0.05, 0) is 67.8 Å². The lowest BCUT2D eigenvalue weighted by Gasteiger charge is -2.16. The number of aromatic hydroxyl groups is 2. The van der Waals surface area contributed by atoms with Gasteiger partial charge in [0, 0.05) is 11.1 Å². The highest BCUT2D eigenvalue weighted by Crippen LogP contribution is 2.42. The summed E-state index contributed by atoms with van der Waals surface area (Å²) in [6, 6.07) is 16.0. The van der Waals surface area contributed by atoms with E-state index >= 15 is 0 Å². The zero-order chi connectivity index (χ0) is 22.4. The number of rotatable bonds is 8. The first-order chi connectivity index (χ1) is 14.9. The third-order valence-electron chi connectivity index (χ3n) is 4.90. The van der Waals surface area contributed by atoms with E-state index in [4.69, 9.17) is 14.2 Å². The summed E-state index contributed by atoms with van der Waals surface area (Å²) >= 11 is 0. The van der Waals surface area contributed by atoms with Crippen molar-refractivity contribution >= 4 is 0 Å². The molecule has 0 atom stereocenters. The summed E-state index contributed by atoms with van der Waals surface area (Å²) in [6.45, 7) is 4.58. The van der Waals surface area contributed by atoms with Gasteiger partial charge in [-0.1, -0.05) is 29.8 Å². The Morgan fingerprint density at radius 2 is 1.35 bits per heavy atom. The number of phenolic OH excluding ortho intramolecular Hbond substituents is 2. The number of phenols is 2. The Morgan fingerprint density at radius 1 is 0.774 bits per heavy atom. The van der Waals surface area contributed by atoms with Crippen LogP contribution in [-0.4, -0.2) is 31.0 Å². The fraction of sp³-hybridized carbons (Fsp3) is 0.231. The molecule has 0 aliphatic rings. The first-order valence-electron chi connectivity index (χ1n) is 10.1. The summed E-state index contributed by atoms with van der Waals surface area (Å²) in [5, 5.41) is 20.0. The Balaban J connectivity index is 1.94. The molecule has 0 fully saturated rings. The number of hydrogen-bond donors (Lipinski definition) is 2. The molecular weight excluding hydrogens is 392 g/mol. The minimum Gasteiger partial charge on any atom is -0.508 e. The molecule has 2 N–H and O–H groups in total. The van der Waals surface area contributed by atoms with Crippen LogP contribution in [0.4, 0.5) is 0 Å². The maximum absolute atomic E-state index is 10.5. The van der Waals surface area contributed by atoms with Crippen molar-refractivity contribution in [3.05, 3.63) is 66.2 Å². The molecule has 162 valence electrons. The van der Waals surface area contributed by atoms with Crippen molar-refractivity contribution in [1.29, 1.82) is 0 Å². The quantitative estimate of drug-likeness (QED) is 0.336. The zero-order valence-electron chi connectivity index (χ0n) is 18.3. The summed E-state index contributed by atoms with van der Waals surface area (Å²) in [7, 11) is 3.21. The van der Waals surface area contributed by atoms with E-state index in [0.717, 1.165) is 28.7 Å². The summed E-state index contributed by atoms with van der Waals surface area (Å²) in [5.41, 5.74) is 4.53. The summed E-state index contributed by atoms with van der Waals surface area (Å²) in [6.07, 6.45) is 2.88. The van der Waals surface area contributed by atoms with E-state index in [-0.39, 0.29) is 11.5 Å². The van der Waals surface area contributed by atoms with Crippen LogP contribution in [0.2, 0.25) is 0 Å². The van der Waals surface area contributed by atoms with Crippen molar-refractivity contribution in [2.45, 2.75) is 20.3 Å². The molecular formula is C26H28O5. The molecule has 0 radical (unpaired) electrons. The predicted octanol–water partition coefficient (Wildman–Crippen LogP) is 6.18. The molecule has 0 heterocycles. The monoisotopic (exact) mass is 420 g/mol. The smallest absolute Gasteiger partial charge is 0.160 e. The van der Waals surface area contributed by atoms with Gasteiger partial charge in [-0.15, -0.1) is 0 Å². The lowest BCUT2D eigenvalue weighted by atomic mass is 9.97. The summed E-state index contributed by atoms with van der Waals surface area (Å²) < 4.78 is 16.9. The highest BCUT2D eigenvalue weighted by Gasteiger charge is 2.16. The van der Waals surface area contributed by atoms with Crippen molar-refractivity contribution in [2.24, 2.45) is 0 Å². The SMILES string of the molecule is COc1cc(-c2ccc(OCCC=C(C)C)c(O)c2)c(OC)cc1-c1ccc(O)cc1. The molecule has 3 rings (SSSR count). The molecule has 31 heavy (non-hydrogen) atoms. The average Bonchev–Trinajstić information content (AvgIpc) is 2.77. The molecule has 3 aromatic rings. The Morgan fingerprint density at radius 3 is 1.90 bits per heavy atom. The van der Waals surface area contributed by atoms with E-state index in [0.29, 0.717) is 23.9 Å². The van der Waals surface area contributed by atoms with Crippen molar-refractivity contribution in [3.63, 3.8) is 0 Å². The van der Waals surface area contributed by atoms with Gasteiger partial charge in [-0.25, -0.2) is 0 Å². The van der Waals surface area contributed by atoms with Crippen LogP contribution in [0.5, 0.6) is 28.7 Å². The van der Waals surface area contributed by atoms with Crippen molar-refractivity contribution in [1.82, 2.24) is 0 Å². The largest absolute Gasteiger partial charge is 0.508 e. The molecule has 0 bridgehead atoms. The standard InChI is InChI=1S/C26H28O5/c1-17(2)6-5-13-31-24-12-9-19(14-23(24)28)22-16-25(29-3)21(15-26(22)30-4)18-7-10-20(27)11-8-18/h6-12,14-16,27-28H,5,13H2,1-4H3. The number of benzene rings is 3. The Labute approximate surface area is 183 Å². The fourth-order valence-electron chi connectivity index (χ4n) is 3.31. The highest BCUT2D eigenvalue weighted by molar-refractivity contribution is 5.82. The fourth-order valence-corrected chi connectivity index (χ4v) is 3.31. The lowest BCUT2D eigenvalue weighted by Crippen LogP contribution is -1.97. The summed E-state index contributed by atoms with van der Waals surface area (Å²) in [5.74, 6) is 2.00. The van der Waals surface area contributed by atoms with E-state index in [1.54, 1.807) is 38.5 Å². The van der Waals surface area contributed by atoms with E-state index in [2.05, 4.69) is 6.08 Å². The number of methoxy groups -OCH3 is 2. The number of ether oxygens (including phenoxy) is 3. The second-order valence-electron chi connectivity index (χ2n) is 7.40. The van der Waals surface area contributed by atoms with E-state index in [1.165, 1.54) is 5.57 Å². The second kappa shape index (κ2) is 9.94. The van der Waals surface area contributed by atoms with Gasteiger partial charge in [0.15, 0.2) is 11.5 Å². The Kier molecular flexibility index (Phi) is 7.08. The molecule has 0 unspecified atom stereocenters. The highest BCUT2D eigenvalue weighted by atomic mass is 16.5. The van der Waals surface area contributed by atoms with Gasteiger partial charge >= 0.3 is 0 Å². The summed E-state index contributed by atoms with van der Waals surface area (Å²) in [4.78, 5) is 0.